The molecule has 0 heterocycles. The first-order valence-corrected chi connectivity index (χ1v) is 6.86. The molecule has 1 aromatic rings. The highest BCUT2D eigenvalue weighted by Gasteiger charge is 2.21. The fraction of sp³-hybridized carbons (Fsp3) is 0.533. The number of amides is 1. The first-order valence-electron chi connectivity index (χ1n) is 6.86. The molecule has 1 fully saturated rings. The van der Waals surface area contributed by atoms with Gasteiger partial charge in [-0.3, -0.25) is 4.79 Å². The van der Waals surface area contributed by atoms with Crippen LogP contribution in [0.1, 0.15) is 28.8 Å². The van der Waals surface area contributed by atoms with E-state index in [2.05, 4.69) is 5.32 Å². The summed E-state index contributed by atoms with van der Waals surface area (Å²) < 4.78 is 18.8. The summed E-state index contributed by atoms with van der Waals surface area (Å²) in [7, 11) is 0. The molecule has 1 amide bonds. The van der Waals surface area contributed by atoms with Crippen molar-refractivity contribution < 1.29 is 19.0 Å². The number of aliphatic hydroxyl groups is 1. The van der Waals surface area contributed by atoms with Gasteiger partial charge in [-0.15, -0.1) is 0 Å². The number of halogens is 1. The average Bonchev–Trinajstić information content (AvgIpc) is 3.23. The zero-order chi connectivity index (χ0) is 14.5. The number of benzene rings is 1. The highest BCUT2D eigenvalue weighted by atomic mass is 19.1. The minimum Gasteiger partial charge on any atom is -0.389 e. The fourth-order valence-corrected chi connectivity index (χ4v) is 1.83. The molecule has 20 heavy (non-hydrogen) atoms. The van der Waals surface area contributed by atoms with Crippen LogP contribution in [0.15, 0.2) is 18.2 Å². The van der Waals surface area contributed by atoms with Crippen LogP contribution in [0, 0.1) is 18.7 Å². The smallest absolute Gasteiger partial charge is 0.254 e. The van der Waals surface area contributed by atoms with E-state index >= 15 is 0 Å². The van der Waals surface area contributed by atoms with Crippen molar-refractivity contribution in [3.05, 3.63) is 35.1 Å². The summed E-state index contributed by atoms with van der Waals surface area (Å²) in [5, 5.41) is 12.2. The highest BCUT2D eigenvalue weighted by Crippen LogP contribution is 2.28. The number of carbonyl (C=O) groups is 1. The molecular formula is C15H20FNO3. The van der Waals surface area contributed by atoms with Gasteiger partial charge in [0.15, 0.2) is 0 Å². The monoisotopic (exact) mass is 281 g/mol. The van der Waals surface area contributed by atoms with E-state index in [1.165, 1.54) is 25.0 Å². The molecule has 1 atom stereocenters. The van der Waals surface area contributed by atoms with Crippen LogP contribution >= 0.6 is 0 Å². The number of aryl methyl sites for hydroxylation is 1. The number of hydrogen-bond acceptors (Lipinski definition) is 3. The molecule has 1 saturated carbocycles. The van der Waals surface area contributed by atoms with Gasteiger partial charge >= 0.3 is 0 Å². The van der Waals surface area contributed by atoms with E-state index in [1.54, 1.807) is 13.0 Å². The Morgan fingerprint density at radius 3 is 3.00 bits per heavy atom. The predicted octanol–water partition coefficient (Wildman–Crippen LogP) is 1.65. The standard InChI is InChI=1S/C15H20FNO3/c1-10-2-5-14(16)13(6-10)15(19)17-7-12(18)9-20-8-11-3-4-11/h2,5-6,11-12,18H,3-4,7-9H2,1H3,(H,17,19). The Bertz CT molecular complexity index is 474. The predicted molar refractivity (Wildman–Crippen MR) is 73.0 cm³/mol. The zero-order valence-electron chi connectivity index (χ0n) is 11.6. The van der Waals surface area contributed by atoms with Gasteiger partial charge in [0.1, 0.15) is 5.82 Å². The maximum absolute atomic E-state index is 13.5. The van der Waals surface area contributed by atoms with Crippen LogP contribution in [-0.4, -0.2) is 36.9 Å². The Kier molecular flexibility index (Phi) is 5.09. The van der Waals surface area contributed by atoms with Gasteiger partial charge in [-0.2, -0.15) is 0 Å². The summed E-state index contributed by atoms with van der Waals surface area (Å²) in [4.78, 5) is 11.8. The quantitative estimate of drug-likeness (QED) is 0.799. The lowest BCUT2D eigenvalue weighted by Gasteiger charge is -2.12. The lowest BCUT2D eigenvalue weighted by Crippen LogP contribution is -2.35. The Balaban J connectivity index is 1.74. The molecule has 5 heteroatoms. The Morgan fingerprint density at radius 2 is 2.30 bits per heavy atom. The zero-order valence-corrected chi connectivity index (χ0v) is 11.6. The van der Waals surface area contributed by atoms with E-state index in [-0.39, 0.29) is 18.7 Å². The van der Waals surface area contributed by atoms with Crippen LogP contribution in [0.4, 0.5) is 4.39 Å². The number of aliphatic hydroxyl groups excluding tert-OH is 1. The van der Waals surface area contributed by atoms with Crippen LogP contribution in [0.2, 0.25) is 0 Å². The summed E-state index contributed by atoms with van der Waals surface area (Å²) >= 11 is 0. The summed E-state index contributed by atoms with van der Waals surface area (Å²) in [5.74, 6) is -0.446. The minimum absolute atomic E-state index is 0.00361. The highest BCUT2D eigenvalue weighted by molar-refractivity contribution is 5.94. The molecule has 2 N–H and O–H groups in total. The SMILES string of the molecule is Cc1ccc(F)c(C(=O)NCC(O)COCC2CC2)c1. The Morgan fingerprint density at radius 1 is 1.55 bits per heavy atom. The topological polar surface area (TPSA) is 58.6 Å². The summed E-state index contributed by atoms with van der Waals surface area (Å²) in [6.45, 7) is 2.69. The Labute approximate surface area is 117 Å². The fourth-order valence-electron chi connectivity index (χ4n) is 1.83. The summed E-state index contributed by atoms with van der Waals surface area (Å²) in [6.07, 6.45) is 1.62. The first kappa shape index (κ1) is 14.9. The molecule has 1 aromatic carbocycles. The van der Waals surface area contributed by atoms with Crippen molar-refractivity contribution in [3.8, 4) is 0 Å². The van der Waals surface area contributed by atoms with Crippen LogP contribution in [-0.2, 0) is 4.74 Å². The maximum Gasteiger partial charge on any atom is 0.254 e. The third-order valence-corrected chi connectivity index (χ3v) is 3.23. The van der Waals surface area contributed by atoms with Gasteiger partial charge in [-0.1, -0.05) is 11.6 Å². The molecular weight excluding hydrogens is 261 g/mol. The van der Waals surface area contributed by atoms with E-state index in [1.807, 2.05) is 0 Å². The van der Waals surface area contributed by atoms with Gasteiger partial charge < -0.3 is 15.2 Å². The van der Waals surface area contributed by atoms with E-state index < -0.39 is 17.8 Å². The second kappa shape index (κ2) is 6.81. The molecule has 0 saturated heterocycles. The van der Waals surface area contributed by atoms with Crippen molar-refractivity contribution in [2.45, 2.75) is 25.9 Å². The molecule has 1 unspecified atom stereocenters. The molecule has 2 rings (SSSR count). The lowest BCUT2D eigenvalue weighted by atomic mass is 10.1. The number of rotatable bonds is 7. The van der Waals surface area contributed by atoms with E-state index in [0.29, 0.717) is 12.5 Å². The van der Waals surface area contributed by atoms with E-state index in [0.717, 1.165) is 5.56 Å². The molecule has 110 valence electrons. The third kappa shape index (κ3) is 4.58. The normalized spacial score (nSPS) is 15.9. The van der Waals surface area contributed by atoms with Crippen LogP contribution in [0.3, 0.4) is 0 Å². The van der Waals surface area contributed by atoms with Crippen molar-refractivity contribution in [1.29, 1.82) is 0 Å². The second-order valence-electron chi connectivity index (χ2n) is 5.33. The number of nitrogens with one attached hydrogen (secondary N) is 1. The molecule has 0 aromatic heterocycles. The van der Waals surface area contributed by atoms with Crippen molar-refractivity contribution in [2.24, 2.45) is 5.92 Å². The first-order chi connectivity index (χ1) is 9.56. The minimum atomic E-state index is -0.773. The second-order valence-corrected chi connectivity index (χ2v) is 5.33. The van der Waals surface area contributed by atoms with E-state index in [4.69, 9.17) is 4.74 Å². The molecule has 1 aliphatic rings. The number of carbonyl (C=O) groups excluding carboxylic acids is 1. The van der Waals surface area contributed by atoms with Crippen molar-refractivity contribution >= 4 is 5.91 Å². The molecule has 0 spiro atoms. The third-order valence-electron chi connectivity index (χ3n) is 3.23. The van der Waals surface area contributed by atoms with Crippen LogP contribution in [0.25, 0.3) is 0 Å². The summed E-state index contributed by atoms with van der Waals surface area (Å²) in [6, 6.07) is 4.35. The lowest BCUT2D eigenvalue weighted by molar-refractivity contribution is 0.0320. The van der Waals surface area contributed by atoms with Gasteiger partial charge in [0.25, 0.3) is 5.91 Å². The molecule has 4 nitrogen and oxygen atoms in total. The van der Waals surface area contributed by atoms with Crippen molar-refractivity contribution in [3.63, 3.8) is 0 Å². The van der Waals surface area contributed by atoms with Crippen LogP contribution < -0.4 is 5.32 Å². The molecule has 0 radical (unpaired) electrons. The molecule has 1 aliphatic carbocycles. The van der Waals surface area contributed by atoms with E-state index in [9.17, 15) is 14.3 Å². The van der Waals surface area contributed by atoms with Gasteiger partial charge in [-0.25, -0.2) is 4.39 Å². The van der Waals surface area contributed by atoms with Crippen molar-refractivity contribution in [1.82, 2.24) is 5.32 Å². The van der Waals surface area contributed by atoms with Crippen LogP contribution in [0.5, 0.6) is 0 Å². The largest absolute Gasteiger partial charge is 0.389 e. The summed E-state index contributed by atoms with van der Waals surface area (Å²) in [5.41, 5.74) is 0.806. The Hall–Kier alpha value is -1.46. The maximum atomic E-state index is 13.5. The number of hydrogen-bond donors (Lipinski definition) is 2. The molecule has 0 bridgehead atoms. The van der Waals surface area contributed by atoms with Gasteiger partial charge in [-0.05, 0) is 37.8 Å². The van der Waals surface area contributed by atoms with Gasteiger partial charge in [0.05, 0.1) is 18.3 Å². The average molecular weight is 281 g/mol. The van der Waals surface area contributed by atoms with Gasteiger partial charge in [0, 0.05) is 13.2 Å². The van der Waals surface area contributed by atoms with Crippen molar-refractivity contribution in [2.75, 3.05) is 19.8 Å². The molecule has 0 aliphatic heterocycles. The van der Waals surface area contributed by atoms with Gasteiger partial charge in [0.2, 0.25) is 0 Å². The number of ether oxygens (including phenoxy) is 1.